The molecule has 76 valence electrons. The molecule has 0 aliphatic carbocycles. The molecule has 0 unspecified atom stereocenters. The third kappa shape index (κ3) is 2.25. The molecule has 1 aromatic carbocycles. The summed E-state index contributed by atoms with van der Waals surface area (Å²) in [6, 6.07) is 8.06. The number of benzene rings is 1. The Morgan fingerprint density at radius 1 is 1.33 bits per heavy atom. The molecule has 2 aromatic rings. The average molecular weight is 220 g/mol. The Morgan fingerprint density at radius 3 is 2.60 bits per heavy atom. The SMILES string of the molecule is C=Cc1ccc(Cn2ncnc2Cl)cc1. The summed E-state index contributed by atoms with van der Waals surface area (Å²) in [6.45, 7) is 4.34. The van der Waals surface area contributed by atoms with Gasteiger partial charge in [-0.3, -0.25) is 0 Å². The Hall–Kier alpha value is -1.61. The molecule has 0 saturated carbocycles. The van der Waals surface area contributed by atoms with Gasteiger partial charge in [0.1, 0.15) is 6.33 Å². The van der Waals surface area contributed by atoms with Crippen molar-refractivity contribution in [3.05, 3.63) is 53.6 Å². The van der Waals surface area contributed by atoms with Gasteiger partial charge in [0.25, 0.3) is 0 Å². The fourth-order valence-electron chi connectivity index (χ4n) is 1.29. The molecule has 0 radical (unpaired) electrons. The van der Waals surface area contributed by atoms with Gasteiger partial charge in [-0.15, -0.1) is 0 Å². The molecular weight excluding hydrogens is 210 g/mol. The highest BCUT2D eigenvalue weighted by Gasteiger charge is 2.01. The van der Waals surface area contributed by atoms with Crippen molar-refractivity contribution in [3.63, 3.8) is 0 Å². The van der Waals surface area contributed by atoms with E-state index >= 15 is 0 Å². The largest absolute Gasteiger partial charge is 0.232 e. The minimum absolute atomic E-state index is 0.405. The zero-order valence-corrected chi connectivity index (χ0v) is 8.85. The normalized spacial score (nSPS) is 10.2. The van der Waals surface area contributed by atoms with Gasteiger partial charge in [-0.2, -0.15) is 5.10 Å². The van der Waals surface area contributed by atoms with Gasteiger partial charge >= 0.3 is 0 Å². The summed E-state index contributed by atoms with van der Waals surface area (Å²) in [7, 11) is 0. The molecule has 4 heteroatoms. The van der Waals surface area contributed by atoms with E-state index in [0.717, 1.165) is 11.1 Å². The predicted octanol–water partition coefficient (Wildman–Crippen LogP) is 2.62. The maximum atomic E-state index is 5.82. The second-order valence-electron chi connectivity index (χ2n) is 3.13. The van der Waals surface area contributed by atoms with Gasteiger partial charge in [0.2, 0.25) is 5.28 Å². The van der Waals surface area contributed by atoms with Gasteiger partial charge in [0.05, 0.1) is 6.54 Å². The van der Waals surface area contributed by atoms with Crippen molar-refractivity contribution >= 4 is 17.7 Å². The van der Waals surface area contributed by atoms with Gasteiger partial charge in [-0.25, -0.2) is 9.67 Å². The summed E-state index contributed by atoms with van der Waals surface area (Å²) in [6.07, 6.45) is 3.26. The molecule has 0 amide bonds. The van der Waals surface area contributed by atoms with Crippen LogP contribution in [0.1, 0.15) is 11.1 Å². The second-order valence-corrected chi connectivity index (χ2v) is 3.47. The van der Waals surface area contributed by atoms with Crippen LogP contribution in [0.3, 0.4) is 0 Å². The van der Waals surface area contributed by atoms with Gasteiger partial charge in [-0.05, 0) is 22.7 Å². The van der Waals surface area contributed by atoms with Crippen molar-refractivity contribution in [2.24, 2.45) is 0 Å². The molecule has 0 N–H and O–H groups in total. The fourth-order valence-corrected chi connectivity index (χ4v) is 1.44. The molecule has 0 atom stereocenters. The minimum atomic E-state index is 0.405. The molecule has 0 fully saturated rings. The monoisotopic (exact) mass is 219 g/mol. The quantitative estimate of drug-likeness (QED) is 0.795. The molecule has 0 aliphatic heterocycles. The maximum absolute atomic E-state index is 5.82. The summed E-state index contributed by atoms with van der Waals surface area (Å²) >= 11 is 5.82. The van der Waals surface area contributed by atoms with Crippen LogP contribution in [-0.2, 0) is 6.54 Å². The van der Waals surface area contributed by atoms with E-state index in [1.54, 1.807) is 4.68 Å². The van der Waals surface area contributed by atoms with Crippen LogP contribution >= 0.6 is 11.6 Å². The van der Waals surface area contributed by atoms with E-state index in [4.69, 9.17) is 11.6 Å². The van der Waals surface area contributed by atoms with Gasteiger partial charge in [0.15, 0.2) is 0 Å². The first-order valence-electron chi connectivity index (χ1n) is 4.54. The van der Waals surface area contributed by atoms with Crippen molar-refractivity contribution in [2.75, 3.05) is 0 Å². The molecule has 0 bridgehead atoms. The Balaban J connectivity index is 2.18. The third-order valence-corrected chi connectivity index (χ3v) is 2.41. The second kappa shape index (κ2) is 4.28. The van der Waals surface area contributed by atoms with Gasteiger partial charge < -0.3 is 0 Å². The highest BCUT2D eigenvalue weighted by molar-refractivity contribution is 6.28. The van der Waals surface area contributed by atoms with E-state index in [2.05, 4.69) is 16.7 Å². The first-order valence-corrected chi connectivity index (χ1v) is 4.92. The molecule has 1 heterocycles. The lowest BCUT2D eigenvalue weighted by Gasteiger charge is -2.02. The highest BCUT2D eigenvalue weighted by atomic mass is 35.5. The van der Waals surface area contributed by atoms with Crippen LogP contribution in [0.15, 0.2) is 37.2 Å². The Kier molecular flexibility index (Phi) is 2.83. The van der Waals surface area contributed by atoms with E-state index in [0.29, 0.717) is 11.8 Å². The Bertz CT molecular complexity index is 459. The Morgan fingerprint density at radius 2 is 2.07 bits per heavy atom. The summed E-state index contributed by atoms with van der Waals surface area (Å²) in [5.41, 5.74) is 2.23. The number of aromatic nitrogens is 3. The number of rotatable bonds is 3. The van der Waals surface area contributed by atoms with Crippen LogP contribution < -0.4 is 0 Å². The molecule has 0 aliphatic rings. The standard InChI is InChI=1S/C11H10ClN3/c1-2-9-3-5-10(6-4-9)7-15-11(12)13-8-14-15/h2-6,8H,1,7H2. The van der Waals surface area contributed by atoms with Crippen LogP contribution in [0.25, 0.3) is 6.08 Å². The first-order chi connectivity index (χ1) is 7.29. The summed E-state index contributed by atoms with van der Waals surface area (Å²) in [5.74, 6) is 0. The summed E-state index contributed by atoms with van der Waals surface area (Å²) in [5, 5.41) is 4.41. The van der Waals surface area contributed by atoms with E-state index in [9.17, 15) is 0 Å². The van der Waals surface area contributed by atoms with E-state index in [1.807, 2.05) is 30.3 Å². The van der Waals surface area contributed by atoms with E-state index in [1.165, 1.54) is 6.33 Å². The molecule has 15 heavy (non-hydrogen) atoms. The topological polar surface area (TPSA) is 30.7 Å². The lowest BCUT2D eigenvalue weighted by Crippen LogP contribution is -2.01. The average Bonchev–Trinajstić information content (AvgIpc) is 2.66. The maximum Gasteiger partial charge on any atom is 0.221 e. The molecule has 2 rings (SSSR count). The van der Waals surface area contributed by atoms with Crippen LogP contribution in [0, 0.1) is 0 Å². The number of halogens is 1. The van der Waals surface area contributed by atoms with Crippen molar-refractivity contribution in [1.82, 2.24) is 14.8 Å². The van der Waals surface area contributed by atoms with Crippen LogP contribution in [0.5, 0.6) is 0 Å². The van der Waals surface area contributed by atoms with Crippen molar-refractivity contribution in [3.8, 4) is 0 Å². The summed E-state index contributed by atoms with van der Waals surface area (Å²) in [4.78, 5) is 3.85. The van der Waals surface area contributed by atoms with Crippen LogP contribution in [0.2, 0.25) is 5.28 Å². The zero-order chi connectivity index (χ0) is 10.7. The fraction of sp³-hybridized carbons (Fsp3) is 0.0909. The Labute approximate surface area is 93.0 Å². The third-order valence-electron chi connectivity index (χ3n) is 2.12. The first kappa shape index (κ1) is 9.93. The lowest BCUT2D eigenvalue weighted by atomic mass is 10.1. The number of nitrogens with zero attached hydrogens (tertiary/aromatic N) is 3. The van der Waals surface area contributed by atoms with Crippen molar-refractivity contribution in [2.45, 2.75) is 6.54 Å². The molecule has 0 spiro atoms. The van der Waals surface area contributed by atoms with Gasteiger partial charge in [0, 0.05) is 0 Å². The van der Waals surface area contributed by atoms with Crippen LogP contribution in [0.4, 0.5) is 0 Å². The highest BCUT2D eigenvalue weighted by Crippen LogP contribution is 2.09. The zero-order valence-electron chi connectivity index (χ0n) is 8.10. The number of hydrogen-bond acceptors (Lipinski definition) is 2. The minimum Gasteiger partial charge on any atom is -0.232 e. The smallest absolute Gasteiger partial charge is 0.221 e. The molecule has 3 nitrogen and oxygen atoms in total. The van der Waals surface area contributed by atoms with E-state index in [-0.39, 0.29) is 0 Å². The lowest BCUT2D eigenvalue weighted by molar-refractivity contribution is 0.686. The van der Waals surface area contributed by atoms with Crippen molar-refractivity contribution in [1.29, 1.82) is 0 Å². The van der Waals surface area contributed by atoms with E-state index < -0.39 is 0 Å². The van der Waals surface area contributed by atoms with Crippen molar-refractivity contribution < 1.29 is 0 Å². The molecular formula is C11H10ClN3. The molecule has 0 saturated heterocycles. The molecule has 1 aromatic heterocycles. The van der Waals surface area contributed by atoms with Crippen LogP contribution in [-0.4, -0.2) is 14.8 Å². The van der Waals surface area contributed by atoms with Gasteiger partial charge in [-0.1, -0.05) is 36.9 Å². The number of hydrogen-bond donors (Lipinski definition) is 0. The predicted molar refractivity (Wildman–Crippen MR) is 60.7 cm³/mol. The summed E-state index contributed by atoms with van der Waals surface area (Å²) < 4.78 is 1.64.